The van der Waals surface area contributed by atoms with Crippen LogP contribution in [0.25, 0.3) is 10.9 Å². The van der Waals surface area contributed by atoms with Gasteiger partial charge in [0.25, 0.3) is 0 Å². The number of aliphatic carboxylic acids is 1. The summed E-state index contributed by atoms with van der Waals surface area (Å²) in [5.74, 6) is -4.29. The van der Waals surface area contributed by atoms with Gasteiger partial charge in [-0.05, 0) is 35.7 Å². The summed E-state index contributed by atoms with van der Waals surface area (Å²) in [5, 5.41) is 27.9. The van der Waals surface area contributed by atoms with Crippen LogP contribution in [0.4, 0.5) is 0 Å². The van der Waals surface area contributed by atoms with Crippen LogP contribution in [0.1, 0.15) is 24.0 Å². The highest BCUT2D eigenvalue weighted by molar-refractivity contribution is 7.80. The van der Waals surface area contributed by atoms with Crippen LogP contribution in [0.3, 0.4) is 0 Å². The minimum Gasteiger partial charge on any atom is -0.508 e. The number of phenolic OH excluding ortho intramolecular Hbond substituents is 1. The molecular weight excluding hydrogens is 564 g/mol. The molecule has 10 N–H and O–H groups in total. The molecule has 4 atom stereocenters. The van der Waals surface area contributed by atoms with Gasteiger partial charge in [-0.2, -0.15) is 12.6 Å². The standard InChI is InChI=1S/C28H34N6O7S/c29-19(9-10-24(30)36)25(37)34-23(14-42)27(39)32-21(11-15-5-7-17(35)8-6-15)26(38)33-22(28(40)41)12-16-13-31-20-4-2-1-3-18(16)20/h1-8,13,19,21-23,31,35,42H,9-12,14,29H2,(H2,30,36)(H,32,39)(H,33,38)(H,34,37)(H,40,41). The summed E-state index contributed by atoms with van der Waals surface area (Å²) in [4.78, 5) is 65.3. The van der Waals surface area contributed by atoms with E-state index in [-0.39, 0.29) is 37.2 Å². The number of hydrogen-bond donors (Lipinski definition) is 9. The average Bonchev–Trinajstić information content (AvgIpc) is 3.37. The molecule has 0 spiro atoms. The summed E-state index contributed by atoms with van der Waals surface area (Å²) in [5.41, 5.74) is 12.9. The number of carboxylic acids is 1. The van der Waals surface area contributed by atoms with Crippen molar-refractivity contribution in [1.29, 1.82) is 0 Å². The second kappa shape index (κ2) is 14.9. The molecule has 0 saturated heterocycles. The summed E-state index contributed by atoms with van der Waals surface area (Å²) >= 11 is 4.13. The van der Waals surface area contributed by atoms with E-state index in [9.17, 15) is 34.2 Å². The highest BCUT2D eigenvalue weighted by atomic mass is 32.1. The Morgan fingerprint density at radius 3 is 2.12 bits per heavy atom. The third-order valence-corrected chi connectivity index (χ3v) is 6.94. The number of nitrogens with one attached hydrogen (secondary N) is 4. The van der Waals surface area contributed by atoms with Gasteiger partial charge in [0.15, 0.2) is 0 Å². The first-order valence-corrected chi connectivity index (χ1v) is 13.7. The highest BCUT2D eigenvalue weighted by Crippen LogP contribution is 2.19. The second-order valence-electron chi connectivity index (χ2n) is 9.75. The van der Waals surface area contributed by atoms with Crippen molar-refractivity contribution in [2.24, 2.45) is 11.5 Å². The molecule has 4 unspecified atom stereocenters. The molecule has 0 radical (unpaired) electrons. The van der Waals surface area contributed by atoms with E-state index in [2.05, 4.69) is 33.6 Å². The van der Waals surface area contributed by atoms with Crippen molar-refractivity contribution in [3.63, 3.8) is 0 Å². The third-order valence-electron chi connectivity index (χ3n) is 6.58. The molecule has 0 bridgehead atoms. The molecule has 0 aliphatic heterocycles. The molecule has 3 rings (SSSR count). The van der Waals surface area contributed by atoms with Crippen LogP contribution in [0, 0.1) is 0 Å². The summed E-state index contributed by atoms with van der Waals surface area (Å²) in [6.45, 7) is 0. The molecule has 1 heterocycles. The summed E-state index contributed by atoms with van der Waals surface area (Å²) in [7, 11) is 0. The number of thiol groups is 1. The van der Waals surface area contributed by atoms with Crippen molar-refractivity contribution in [1.82, 2.24) is 20.9 Å². The molecule has 1 aromatic heterocycles. The van der Waals surface area contributed by atoms with Crippen LogP contribution in [-0.2, 0) is 36.8 Å². The number of carbonyl (C=O) groups excluding carboxylic acids is 4. The number of phenols is 1. The molecule has 0 fully saturated rings. The molecule has 42 heavy (non-hydrogen) atoms. The number of carboxylic acid groups (broad SMARTS) is 1. The predicted octanol–water partition coefficient (Wildman–Crippen LogP) is -0.280. The number of fused-ring (bicyclic) bond motifs is 1. The van der Waals surface area contributed by atoms with Gasteiger partial charge in [0.05, 0.1) is 6.04 Å². The van der Waals surface area contributed by atoms with Crippen LogP contribution < -0.4 is 27.4 Å². The zero-order chi connectivity index (χ0) is 30.8. The molecule has 2 aromatic carbocycles. The van der Waals surface area contributed by atoms with Gasteiger partial charge in [-0.15, -0.1) is 0 Å². The van der Waals surface area contributed by atoms with Crippen LogP contribution in [-0.4, -0.2) is 74.7 Å². The Hall–Kier alpha value is -4.56. The zero-order valence-corrected chi connectivity index (χ0v) is 23.5. The first kappa shape index (κ1) is 32.0. The monoisotopic (exact) mass is 598 g/mol. The van der Waals surface area contributed by atoms with Crippen molar-refractivity contribution in [2.75, 3.05) is 5.75 Å². The van der Waals surface area contributed by atoms with E-state index in [1.165, 1.54) is 12.1 Å². The molecule has 0 aliphatic carbocycles. The maximum atomic E-state index is 13.4. The number of carbonyl (C=O) groups is 5. The number of para-hydroxylation sites is 1. The Labute approximate surface area is 246 Å². The van der Waals surface area contributed by atoms with Crippen molar-refractivity contribution in [2.45, 2.75) is 49.9 Å². The van der Waals surface area contributed by atoms with E-state index in [1.54, 1.807) is 18.3 Å². The van der Waals surface area contributed by atoms with Crippen molar-refractivity contribution >= 4 is 53.1 Å². The SMILES string of the molecule is NC(=O)CCC(N)C(=O)NC(CS)C(=O)NC(Cc1ccc(O)cc1)C(=O)NC(Cc1c[nH]c2ccccc12)C(=O)O. The normalized spacial score (nSPS) is 13.9. The number of rotatable bonds is 15. The fraction of sp³-hybridized carbons (Fsp3) is 0.321. The van der Waals surface area contributed by atoms with Crippen molar-refractivity contribution < 1.29 is 34.2 Å². The Bertz CT molecular complexity index is 1430. The number of primary amides is 1. The Balaban J connectivity index is 1.77. The molecule has 4 amide bonds. The summed E-state index contributed by atoms with van der Waals surface area (Å²) in [6.07, 6.45) is 1.45. The van der Waals surface area contributed by atoms with Crippen LogP contribution >= 0.6 is 12.6 Å². The lowest BCUT2D eigenvalue weighted by molar-refractivity contribution is -0.142. The fourth-order valence-corrected chi connectivity index (χ4v) is 4.50. The molecule has 224 valence electrons. The third kappa shape index (κ3) is 8.97. The van der Waals surface area contributed by atoms with Gasteiger partial charge in [0.1, 0.15) is 23.9 Å². The number of aromatic hydroxyl groups is 1. The summed E-state index contributed by atoms with van der Waals surface area (Å²) < 4.78 is 0. The number of nitrogens with two attached hydrogens (primary N) is 2. The quantitative estimate of drug-likeness (QED) is 0.105. The molecule has 0 aliphatic rings. The Morgan fingerprint density at radius 2 is 1.48 bits per heavy atom. The van der Waals surface area contributed by atoms with Gasteiger partial charge in [0.2, 0.25) is 23.6 Å². The summed E-state index contributed by atoms with van der Waals surface area (Å²) in [6, 6.07) is 8.38. The van der Waals surface area contributed by atoms with Crippen molar-refractivity contribution in [3.05, 3.63) is 65.9 Å². The van der Waals surface area contributed by atoms with E-state index in [4.69, 9.17) is 11.5 Å². The molecule has 13 nitrogen and oxygen atoms in total. The van der Waals surface area contributed by atoms with E-state index in [0.29, 0.717) is 11.1 Å². The van der Waals surface area contributed by atoms with Gasteiger partial charge >= 0.3 is 5.97 Å². The van der Waals surface area contributed by atoms with E-state index < -0.39 is 53.8 Å². The van der Waals surface area contributed by atoms with E-state index >= 15 is 0 Å². The van der Waals surface area contributed by atoms with Gasteiger partial charge in [-0.25, -0.2) is 4.79 Å². The number of H-pyrrole nitrogens is 1. The van der Waals surface area contributed by atoms with Crippen LogP contribution in [0.2, 0.25) is 0 Å². The van der Waals surface area contributed by atoms with E-state index in [1.807, 2.05) is 24.3 Å². The minimum absolute atomic E-state index is 0.000943. The predicted molar refractivity (Wildman–Crippen MR) is 157 cm³/mol. The molecule has 14 heteroatoms. The van der Waals surface area contributed by atoms with Crippen LogP contribution in [0.5, 0.6) is 5.75 Å². The smallest absolute Gasteiger partial charge is 0.326 e. The lowest BCUT2D eigenvalue weighted by Crippen LogP contribution is -2.58. The largest absolute Gasteiger partial charge is 0.508 e. The first-order chi connectivity index (χ1) is 20.0. The lowest BCUT2D eigenvalue weighted by Gasteiger charge is -2.25. The van der Waals surface area contributed by atoms with Gasteiger partial charge in [-0.1, -0.05) is 30.3 Å². The maximum Gasteiger partial charge on any atom is 0.326 e. The second-order valence-corrected chi connectivity index (χ2v) is 10.1. The lowest BCUT2D eigenvalue weighted by atomic mass is 10.0. The average molecular weight is 599 g/mol. The number of aromatic amines is 1. The Kier molecular flexibility index (Phi) is 11.3. The molecule has 3 aromatic rings. The maximum absolute atomic E-state index is 13.4. The molecule has 0 saturated carbocycles. The zero-order valence-electron chi connectivity index (χ0n) is 22.6. The van der Waals surface area contributed by atoms with Crippen LogP contribution in [0.15, 0.2) is 54.7 Å². The molecular formula is C28H34N6O7S. The van der Waals surface area contributed by atoms with Crippen molar-refractivity contribution in [3.8, 4) is 5.75 Å². The topological polar surface area (TPSA) is 230 Å². The Morgan fingerprint density at radius 1 is 0.857 bits per heavy atom. The number of benzene rings is 2. The van der Waals surface area contributed by atoms with Gasteiger partial charge < -0.3 is 42.6 Å². The van der Waals surface area contributed by atoms with E-state index in [0.717, 1.165) is 10.9 Å². The minimum atomic E-state index is -1.32. The first-order valence-electron chi connectivity index (χ1n) is 13.1. The number of amides is 4. The fourth-order valence-electron chi connectivity index (χ4n) is 4.24. The van der Waals surface area contributed by atoms with Gasteiger partial charge in [-0.3, -0.25) is 19.2 Å². The van der Waals surface area contributed by atoms with Gasteiger partial charge in [0, 0.05) is 42.1 Å². The number of hydrogen-bond acceptors (Lipinski definition) is 8. The number of aromatic nitrogens is 1. The highest BCUT2D eigenvalue weighted by Gasteiger charge is 2.30.